The third-order valence-corrected chi connectivity index (χ3v) is 6.05. The zero-order valence-electron chi connectivity index (χ0n) is 11.0. The molecule has 0 aliphatic carbocycles. The zero-order chi connectivity index (χ0) is 12.4. The Balaban J connectivity index is 1.60. The van der Waals surface area contributed by atoms with E-state index in [0.717, 1.165) is 51.3 Å². The van der Waals surface area contributed by atoms with Gasteiger partial charge in [0.15, 0.2) is 0 Å². The Kier molecular flexibility index (Phi) is 4.18. The predicted molar refractivity (Wildman–Crippen MR) is 72.9 cm³/mol. The summed E-state index contributed by atoms with van der Waals surface area (Å²) in [6.45, 7) is 2.49. The molecule has 18 heavy (non-hydrogen) atoms. The summed E-state index contributed by atoms with van der Waals surface area (Å²) in [7, 11) is 0. The number of aliphatic hydroxyl groups excluding tert-OH is 1. The van der Waals surface area contributed by atoms with Crippen LogP contribution < -0.4 is 0 Å². The summed E-state index contributed by atoms with van der Waals surface area (Å²) in [6.07, 6.45) is 5.19. The van der Waals surface area contributed by atoms with Crippen LogP contribution in [0.3, 0.4) is 0 Å². The van der Waals surface area contributed by atoms with Gasteiger partial charge in [0.05, 0.1) is 11.7 Å². The lowest BCUT2D eigenvalue weighted by Crippen LogP contribution is -2.45. The standard InChI is InChI=1S/C14H24O3S/c15-13(11-1-5-16-6-2-11)12-3-7-17-14(9-12)4-8-18-10-14/h11-13,15H,1-10H2. The predicted octanol–water partition coefficient (Wildman–Crippen LogP) is 2.08. The average Bonchev–Trinajstić information content (AvgIpc) is 2.87. The van der Waals surface area contributed by atoms with Gasteiger partial charge in [-0.05, 0) is 49.7 Å². The third-order valence-electron chi connectivity index (χ3n) is 4.83. The van der Waals surface area contributed by atoms with Crippen molar-refractivity contribution in [2.45, 2.75) is 43.8 Å². The normalized spacial score (nSPS) is 40.2. The van der Waals surface area contributed by atoms with E-state index in [9.17, 15) is 5.11 Å². The molecule has 104 valence electrons. The Labute approximate surface area is 114 Å². The summed E-state index contributed by atoms with van der Waals surface area (Å²) in [5.74, 6) is 3.25. The Morgan fingerprint density at radius 1 is 1.11 bits per heavy atom. The lowest BCUT2D eigenvalue weighted by Gasteiger charge is -2.42. The van der Waals surface area contributed by atoms with Gasteiger partial charge in [-0.25, -0.2) is 0 Å². The number of aliphatic hydroxyl groups is 1. The van der Waals surface area contributed by atoms with Gasteiger partial charge in [-0.2, -0.15) is 11.8 Å². The molecular formula is C14H24O3S. The molecule has 1 spiro atoms. The summed E-state index contributed by atoms with van der Waals surface area (Å²) in [5.41, 5.74) is 0.0970. The fraction of sp³-hybridized carbons (Fsp3) is 1.00. The first-order valence-corrected chi connectivity index (χ1v) is 8.42. The van der Waals surface area contributed by atoms with Crippen molar-refractivity contribution in [3.63, 3.8) is 0 Å². The highest BCUT2D eigenvalue weighted by Gasteiger charge is 2.43. The molecule has 3 rings (SSSR count). The van der Waals surface area contributed by atoms with Crippen molar-refractivity contribution in [2.75, 3.05) is 31.3 Å². The molecule has 3 fully saturated rings. The summed E-state index contributed by atoms with van der Waals surface area (Å²) in [6, 6.07) is 0. The molecule has 0 aromatic carbocycles. The third kappa shape index (κ3) is 2.72. The van der Waals surface area contributed by atoms with E-state index in [1.165, 1.54) is 12.2 Å². The summed E-state index contributed by atoms with van der Waals surface area (Å²) in [5, 5.41) is 10.6. The van der Waals surface area contributed by atoms with Gasteiger partial charge in [-0.1, -0.05) is 0 Å². The Morgan fingerprint density at radius 2 is 1.89 bits per heavy atom. The second-order valence-corrected chi connectivity index (χ2v) is 7.13. The Bertz CT molecular complexity index is 272. The number of rotatable bonds is 2. The SMILES string of the molecule is OC(C1CCOCC1)C1CCOC2(CCSC2)C1. The van der Waals surface area contributed by atoms with Crippen LogP contribution in [0, 0.1) is 11.8 Å². The van der Waals surface area contributed by atoms with Crippen LogP contribution in [-0.4, -0.2) is 48.1 Å². The lowest BCUT2D eigenvalue weighted by atomic mass is 9.76. The van der Waals surface area contributed by atoms with Gasteiger partial charge in [0.2, 0.25) is 0 Å². The molecule has 3 unspecified atom stereocenters. The molecule has 3 heterocycles. The molecule has 0 amide bonds. The van der Waals surface area contributed by atoms with E-state index in [1.54, 1.807) is 0 Å². The maximum absolute atomic E-state index is 10.6. The minimum absolute atomic E-state index is 0.0970. The molecule has 3 atom stereocenters. The van der Waals surface area contributed by atoms with Crippen LogP contribution in [0.4, 0.5) is 0 Å². The van der Waals surface area contributed by atoms with Gasteiger partial charge < -0.3 is 14.6 Å². The van der Waals surface area contributed by atoms with Crippen molar-refractivity contribution in [3.05, 3.63) is 0 Å². The molecule has 3 nitrogen and oxygen atoms in total. The molecular weight excluding hydrogens is 248 g/mol. The van der Waals surface area contributed by atoms with Gasteiger partial charge in [-0.15, -0.1) is 0 Å². The highest BCUT2D eigenvalue weighted by molar-refractivity contribution is 7.99. The molecule has 4 heteroatoms. The van der Waals surface area contributed by atoms with E-state index in [-0.39, 0.29) is 11.7 Å². The number of hydrogen-bond donors (Lipinski definition) is 1. The van der Waals surface area contributed by atoms with Gasteiger partial charge in [-0.3, -0.25) is 0 Å². The monoisotopic (exact) mass is 272 g/mol. The van der Waals surface area contributed by atoms with E-state index in [0.29, 0.717) is 11.8 Å². The molecule has 0 aromatic rings. The zero-order valence-corrected chi connectivity index (χ0v) is 11.8. The molecule has 0 bridgehead atoms. The van der Waals surface area contributed by atoms with Crippen LogP contribution in [0.5, 0.6) is 0 Å². The van der Waals surface area contributed by atoms with Gasteiger partial charge in [0.1, 0.15) is 0 Å². The maximum Gasteiger partial charge on any atom is 0.0783 e. The summed E-state index contributed by atoms with van der Waals surface area (Å²) < 4.78 is 11.4. The quantitative estimate of drug-likeness (QED) is 0.835. The number of ether oxygens (including phenoxy) is 2. The largest absolute Gasteiger partial charge is 0.393 e. The first kappa shape index (κ1) is 13.2. The van der Waals surface area contributed by atoms with Crippen molar-refractivity contribution in [2.24, 2.45) is 11.8 Å². The molecule has 0 aromatic heterocycles. The molecule has 3 aliphatic rings. The minimum atomic E-state index is -0.139. The van der Waals surface area contributed by atoms with E-state index < -0.39 is 0 Å². The average molecular weight is 272 g/mol. The van der Waals surface area contributed by atoms with E-state index in [4.69, 9.17) is 9.47 Å². The van der Waals surface area contributed by atoms with E-state index in [2.05, 4.69) is 0 Å². The molecule has 0 radical (unpaired) electrons. The highest BCUT2D eigenvalue weighted by atomic mass is 32.2. The summed E-state index contributed by atoms with van der Waals surface area (Å²) in [4.78, 5) is 0. The fourth-order valence-corrected chi connectivity index (χ4v) is 5.04. The Hall–Kier alpha value is 0.230. The van der Waals surface area contributed by atoms with Gasteiger partial charge in [0.25, 0.3) is 0 Å². The first-order chi connectivity index (χ1) is 8.79. The van der Waals surface area contributed by atoms with Crippen LogP contribution in [0.2, 0.25) is 0 Å². The first-order valence-electron chi connectivity index (χ1n) is 7.27. The van der Waals surface area contributed by atoms with Crippen molar-refractivity contribution in [1.29, 1.82) is 0 Å². The van der Waals surface area contributed by atoms with Crippen molar-refractivity contribution in [1.82, 2.24) is 0 Å². The number of hydrogen-bond acceptors (Lipinski definition) is 4. The van der Waals surface area contributed by atoms with Crippen LogP contribution in [0.25, 0.3) is 0 Å². The fourth-order valence-electron chi connectivity index (χ4n) is 3.66. The van der Waals surface area contributed by atoms with Crippen LogP contribution in [0.15, 0.2) is 0 Å². The van der Waals surface area contributed by atoms with E-state index >= 15 is 0 Å². The van der Waals surface area contributed by atoms with Crippen LogP contribution in [-0.2, 0) is 9.47 Å². The Morgan fingerprint density at radius 3 is 2.61 bits per heavy atom. The molecule has 3 saturated heterocycles. The lowest BCUT2D eigenvalue weighted by molar-refractivity contribution is -0.116. The van der Waals surface area contributed by atoms with E-state index in [1.807, 2.05) is 11.8 Å². The summed E-state index contributed by atoms with van der Waals surface area (Å²) >= 11 is 2.00. The second-order valence-electron chi connectivity index (χ2n) is 6.03. The topological polar surface area (TPSA) is 38.7 Å². The minimum Gasteiger partial charge on any atom is -0.393 e. The van der Waals surface area contributed by atoms with Crippen LogP contribution in [0.1, 0.15) is 32.1 Å². The molecule has 1 N–H and O–H groups in total. The highest BCUT2D eigenvalue weighted by Crippen LogP contribution is 2.42. The smallest absolute Gasteiger partial charge is 0.0783 e. The maximum atomic E-state index is 10.6. The van der Waals surface area contributed by atoms with Crippen LogP contribution >= 0.6 is 11.8 Å². The number of thioether (sulfide) groups is 1. The second kappa shape index (κ2) is 5.70. The molecule has 3 aliphatic heterocycles. The van der Waals surface area contributed by atoms with Crippen molar-refractivity contribution < 1.29 is 14.6 Å². The van der Waals surface area contributed by atoms with Gasteiger partial charge in [0, 0.05) is 25.6 Å². The van der Waals surface area contributed by atoms with Gasteiger partial charge >= 0.3 is 0 Å². The molecule has 0 saturated carbocycles. The van der Waals surface area contributed by atoms with Crippen molar-refractivity contribution >= 4 is 11.8 Å². The van der Waals surface area contributed by atoms with Crippen molar-refractivity contribution in [3.8, 4) is 0 Å².